The molecule has 0 saturated carbocycles. The van der Waals surface area contributed by atoms with Gasteiger partial charge < -0.3 is 18.9 Å². The molecule has 2 rings (SSSR count). The summed E-state index contributed by atoms with van der Waals surface area (Å²) in [4.78, 5) is 57.6. The molecule has 2 aromatic rings. The van der Waals surface area contributed by atoms with Crippen molar-refractivity contribution in [2.24, 2.45) is 23.7 Å². The third kappa shape index (κ3) is 24.6. The van der Waals surface area contributed by atoms with E-state index >= 15 is 0 Å². The topological polar surface area (TPSA) is 105 Å². The predicted octanol–water partition coefficient (Wildman–Crippen LogP) is 16.0. The van der Waals surface area contributed by atoms with E-state index in [1.54, 1.807) is 0 Å². The van der Waals surface area contributed by atoms with Crippen molar-refractivity contribution in [1.29, 1.82) is 0 Å². The highest BCUT2D eigenvalue weighted by atomic mass is 16.5. The zero-order valence-corrected chi connectivity index (χ0v) is 41.8. The first-order valence-electron chi connectivity index (χ1n) is 25.8. The molecule has 362 valence electrons. The number of carbonyl (C=O) groups excluding carboxylic acids is 4. The second kappa shape index (κ2) is 34.6. The molecule has 0 spiro atoms. The van der Waals surface area contributed by atoms with Crippen LogP contribution in [0.25, 0.3) is 11.1 Å². The summed E-state index contributed by atoms with van der Waals surface area (Å²) in [5, 5.41) is 0. The SMILES string of the molecule is CC(C)CCCCCCCOC(=O)c1cc(-c2ccccc2)c(C(=O)OCCCCCCCC(C)C)c(C(=O)OCCCCCCCC(C)C)c1C(=O)OCCCCCCCC(C)C. The number of benzene rings is 2. The van der Waals surface area contributed by atoms with E-state index in [2.05, 4.69) is 55.4 Å². The maximum atomic E-state index is 14.6. The van der Waals surface area contributed by atoms with Crippen LogP contribution in [0.15, 0.2) is 36.4 Å². The first kappa shape index (κ1) is 56.4. The number of unbranched alkanes of at least 4 members (excludes halogenated alkanes) is 16. The maximum absolute atomic E-state index is 14.6. The summed E-state index contributed by atoms with van der Waals surface area (Å²) < 4.78 is 23.6. The molecular formula is C56H90O8. The van der Waals surface area contributed by atoms with Gasteiger partial charge >= 0.3 is 23.9 Å². The molecular weight excluding hydrogens is 801 g/mol. The molecule has 0 N–H and O–H groups in total. The van der Waals surface area contributed by atoms with Crippen LogP contribution in [0, 0.1) is 23.7 Å². The van der Waals surface area contributed by atoms with E-state index in [1.807, 2.05) is 30.3 Å². The number of hydrogen-bond donors (Lipinski definition) is 0. The highest BCUT2D eigenvalue weighted by Crippen LogP contribution is 2.34. The van der Waals surface area contributed by atoms with Gasteiger partial charge in [-0.3, -0.25) is 0 Å². The third-order valence-corrected chi connectivity index (χ3v) is 11.9. The Balaban J connectivity index is 2.53. The lowest BCUT2D eigenvalue weighted by atomic mass is 9.88. The first-order chi connectivity index (χ1) is 30.8. The van der Waals surface area contributed by atoms with E-state index in [0.29, 0.717) is 60.5 Å². The van der Waals surface area contributed by atoms with Crippen LogP contribution < -0.4 is 0 Å². The summed E-state index contributed by atoms with van der Waals surface area (Å²) in [6.07, 6.45) is 24.2. The molecule has 64 heavy (non-hydrogen) atoms. The molecule has 0 aliphatic carbocycles. The first-order valence-corrected chi connectivity index (χ1v) is 25.8. The van der Waals surface area contributed by atoms with Crippen LogP contribution in [-0.2, 0) is 18.9 Å². The fraction of sp³-hybridized carbons (Fsp3) is 0.714. The largest absolute Gasteiger partial charge is 0.462 e. The van der Waals surface area contributed by atoms with Gasteiger partial charge in [0.25, 0.3) is 0 Å². The lowest BCUT2D eigenvalue weighted by Crippen LogP contribution is -2.25. The van der Waals surface area contributed by atoms with Crippen LogP contribution in [0.5, 0.6) is 0 Å². The molecule has 0 aliphatic heterocycles. The van der Waals surface area contributed by atoms with Crippen LogP contribution in [0.3, 0.4) is 0 Å². The van der Waals surface area contributed by atoms with Gasteiger partial charge in [-0.25, -0.2) is 19.2 Å². The minimum atomic E-state index is -0.859. The molecule has 8 heteroatoms. The average molecular weight is 891 g/mol. The van der Waals surface area contributed by atoms with Gasteiger partial charge in [-0.05, 0) is 66.5 Å². The summed E-state index contributed by atoms with van der Waals surface area (Å²) >= 11 is 0. The number of carbonyl (C=O) groups is 4. The number of ether oxygens (including phenoxy) is 4. The van der Waals surface area contributed by atoms with Gasteiger partial charge in [0.1, 0.15) is 0 Å². The zero-order valence-electron chi connectivity index (χ0n) is 41.8. The molecule has 0 aromatic heterocycles. The van der Waals surface area contributed by atoms with E-state index in [1.165, 1.54) is 44.6 Å². The average Bonchev–Trinajstić information content (AvgIpc) is 3.26. The van der Waals surface area contributed by atoms with Gasteiger partial charge in [0, 0.05) is 0 Å². The Morgan fingerprint density at radius 1 is 0.359 bits per heavy atom. The van der Waals surface area contributed by atoms with E-state index in [0.717, 1.165) is 89.9 Å². The van der Waals surface area contributed by atoms with Crippen molar-refractivity contribution in [1.82, 2.24) is 0 Å². The second-order valence-corrected chi connectivity index (χ2v) is 19.8. The fourth-order valence-electron chi connectivity index (χ4n) is 8.01. The Labute approximate surface area is 390 Å². The Morgan fingerprint density at radius 3 is 1.02 bits per heavy atom. The van der Waals surface area contributed by atoms with E-state index in [-0.39, 0.29) is 48.7 Å². The summed E-state index contributed by atoms with van der Waals surface area (Å²) in [5.74, 6) is -0.524. The second-order valence-electron chi connectivity index (χ2n) is 19.8. The lowest BCUT2D eigenvalue weighted by Gasteiger charge is -2.20. The van der Waals surface area contributed by atoms with Gasteiger partial charge in [-0.1, -0.05) is 214 Å². The normalized spacial score (nSPS) is 11.5. The van der Waals surface area contributed by atoms with Crippen LogP contribution >= 0.6 is 0 Å². The van der Waals surface area contributed by atoms with Crippen LogP contribution in [0.4, 0.5) is 0 Å². The Kier molecular flexibility index (Phi) is 30.6. The van der Waals surface area contributed by atoms with Gasteiger partial charge in [0.2, 0.25) is 0 Å². The molecule has 0 aliphatic rings. The van der Waals surface area contributed by atoms with E-state index in [4.69, 9.17) is 18.9 Å². The molecule has 0 amide bonds. The van der Waals surface area contributed by atoms with Crippen molar-refractivity contribution in [3.05, 3.63) is 58.7 Å². The molecule has 0 radical (unpaired) electrons. The van der Waals surface area contributed by atoms with Crippen molar-refractivity contribution in [3.8, 4) is 11.1 Å². The molecule has 0 atom stereocenters. The number of esters is 4. The van der Waals surface area contributed by atoms with Crippen molar-refractivity contribution < 1.29 is 38.1 Å². The van der Waals surface area contributed by atoms with Gasteiger partial charge in [-0.2, -0.15) is 0 Å². The Hall–Kier alpha value is -3.68. The smallest absolute Gasteiger partial charge is 0.339 e. The zero-order chi connectivity index (χ0) is 47.0. The Bertz CT molecular complexity index is 1580. The minimum absolute atomic E-state index is 0.100. The summed E-state index contributed by atoms with van der Waals surface area (Å²) in [7, 11) is 0. The Morgan fingerprint density at radius 2 is 0.656 bits per heavy atom. The molecule has 0 fully saturated rings. The predicted molar refractivity (Wildman–Crippen MR) is 263 cm³/mol. The number of hydrogen-bond acceptors (Lipinski definition) is 8. The highest BCUT2D eigenvalue weighted by Gasteiger charge is 2.36. The maximum Gasteiger partial charge on any atom is 0.339 e. The van der Waals surface area contributed by atoms with Crippen molar-refractivity contribution in [2.45, 2.75) is 209 Å². The van der Waals surface area contributed by atoms with Crippen LogP contribution in [-0.4, -0.2) is 50.3 Å². The summed E-state index contributed by atoms with van der Waals surface area (Å²) in [6, 6.07) is 10.6. The standard InChI is InChI=1S/C56H90O8/c1-43(2)32-22-13-9-17-28-38-61-53(57)49-42-48(47-36-26-21-27-37-47)50(54(58)62-39-29-18-10-14-23-33-44(3)4)52(56(60)64-41-31-20-12-16-25-35-46(7)8)51(49)55(59)63-40-30-19-11-15-24-34-45(5)6/h21,26-27,36-37,42-46H,9-20,22-25,28-35,38-41H2,1-8H3. The monoisotopic (exact) mass is 891 g/mol. The van der Waals surface area contributed by atoms with Gasteiger partial charge in [-0.15, -0.1) is 0 Å². The lowest BCUT2D eigenvalue weighted by molar-refractivity contribution is 0.0415. The molecule has 0 bridgehead atoms. The third-order valence-electron chi connectivity index (χ3n) is 11.9. The van der Waals surface area contributed by atoms with E-state index < -0.39 is 23.9 Å². The fourth-order valence-corrected chi connectivity index (χ4v) is 8.01. The molecule has 0 unspecified atom stereocenters. The minimum Gasteiger partial charge on any atom is -0.462 e. The van der Waals surface area contributed by atoms with Gasteiger partial charge in [0.05, 0.1) is 48.7 Å². The van der Waals surface area contributed by atoms with Gasteiger partial charge in [0.15, 0.2) is 0 Å². The summed E-state index contributed by atoms with van der Waals surface area (Å²) in [5.41, 5.74) is 0.0644. The molecule has 2 aromatic carbocycles. The van der Waals surface area contributed by atoms with Crippen LogP contribution in [0.2, 0.25) is 0 Å². The van der Waals surface area contributed by atoms with Crippen molar-refractivity contribution in [2.75, 3.05) is 26.4 Å². The van der Waals surface area contributed by atoms with Crippen LogP contribution in [0.1, 0.15) is 251 Å². The molecule has 8 nitrogen and oxygen atoms in total. The quantitative estimate of drug-likeness (QED) is 0.0375. The molecule has 0 heterocycles. The van der Waals surface area contributed by atoms with Crippen molar-refractivity contribution in [3.63, 3.8) is 0 Å². The highest BCUT2D eigenvalue weighted by molar-refractivity contribution is 6.18. The van der Waals surface area contributed by atoms with E-state index in [9.17, 15) is 19.2 Å². The summed E-state index contributed by atoms with van der Waals surface area (Å²) in [6.45, 7) is 18.4. The number of rotatable bonds is 37. The molecule has 0 saturated heterocycles. The van der Waals surface area contributed by atoms with Crippen molar-refractivity contribution >= 4 is 23.9 Å².